The van der Waals surface area contributed by atoms with Crippen LogP contribution in [-0.4, -0.2) is 9.67 Å². The Bertz CT molecular complexity index is 1660. The number of hydrogen-bond donors (Lipinski definition) is 1. The molecular weight excluding hydrogens is 509 g/mol. The predicted molar refractivity (Wildman–Crippen MR) is 130 cm³/mol. The van der Waals surface area contributed by atoms with E-state index in [4.69, 9.17) is 4.42 Å². The molecule has 1 N–H and O–H groups in total. The van der Waals surface area contributed by atoms with Gasteiger partial charge >= 0.3 is 5.63 Å². The molecule has 5 rings (SSSR count). The number of halogens is 2. The van der Waals surface area contributed by atoms with Crippen LogP contribution in [0.3, 0.4) is 0 Å². The second kappa shape index (κ2) is 8.53. The number of para-hydroxylation sites is 1. The first-order valence-corrected chi connectivity index (χ1v) is 11.5. The lowest BCUT2D eigenvalue weighted by atomic mass is 10.1. The molecule has 0 radical (unpaired) electrons. The highest BCUT2D eigenvalue weighted by Gasteiger charge is 2.22. The van der Waals surface area contributed by atoms with E-state index in [2.05, 4.69) is 15.9 Å². The number of rotatable bonds is 4. The maximum atomic E-state index is 13.8. The molecule has 5 nitrogen and oxygen atoms in total. The van der Waals surface area contributed by atoms with Crippen LogP contribution in [0.5, 0.6) is 5.75 Å². The Kier molecular flexibility index (Phi) is 5.55. The van der Waals surface area contributed by atoms with Gasteiger partial charge in [0.15, 0.2) is 11.3 Å². The Morgan fingerprint density at radius 1 is 1.00 bits per heavy atom. The number of nitrogens with zero attached hydrogens (tertiary/aromatic N) is 1. The van der Waals surface area contributed by atoms with E-state index in [9.17, 15) is 19.1 Å². The fourth-order valence-corrected chi connectivity index (χ4v) is 5.13. The first-order chi connectivity index (χ1) is 15.9. The van der Waals surface area contributed by atoms with E-state index in [1.54, 1.807) is 48.5 Å². The number of hydrogen-bond acceptors (Lipinski definition) is 5. The van der Waals surface area contributed by atoms with Gasteiger partial charge in [0.2, 0.25) is 0 Å². The highest BCUT2D eigenvalue weighted by Crippen LogP contribution is 2.39. The third-order valence-electron chi connectivity index (χ3n) is 5.24. The van der Waals surface area contributed by atoms with Crippen LogP contribution in [0.25, 0.3) is 21.9 Å². The lowest BCUT2D eigenvalue weighted by Crippen LogP contribution is -2.22. The zero-order valence-corrected chi connectivity index (χ0v) is 19.3. The van der Waals surface area contributed by atoms with Gasteiger partial charge in [0, 0.05) is 14.8 Å². The molecule has 0 bridgehead atoms. The molecule has 8 heteroatoms. The molecule has 0 amide bonds. The molecule has 0 fully saturated rings. The quantitative estimate of drug-likeness (QED) is 0.296. The van der Waals surface area contributed by atoms with E-state index in [-0.39, 0.29) is 22.4 Å². The molecule has 0 spiro atoms. The summed E-state index contributed by atoms with van der Waals surface area (Å²) in [4.78, 5) is 27.0. The van der Waals surface area contributed by atoms with E-state index in [0.717, 1.165) is 16.2 Å². The monoisotopic (exact) mass is 523 g/mol. The van der Waals surface area contributed by atoms with E-state index in [1.807, 2.05) is 12.1 Å². The maximum absolute atomic E-state index is 13.8. The number of benzene rings is 3. The van der Waals surface area contributed by atoms with Crippen molar-refractivity contribution in [3.63, 3.8) is 0 Å². The van der Waals surface area contributed by atoms with Crippen molar-refractivity contribution in [1.29, 1.82) is 0 Å². The predicted octanol–water partition coefficient (Wildman–Crippen LogP) is 5.91. The van der Waals surface area contributed by atoms with Gasteiger partial charge in [-0.25, -0.2) is 9.18 Å². The number of aromatic hydroxyl groups is 1. The molecule has 33 heavy (non-hydrogen) atoms. The zero-order valence-electron chi connectivity index (χ0n) is 16.9. The highest BCUT2D eigenvalue weighted by atomic mass is 79.9. The topological polar surface area (TPSA) is 72.4 Å². The number of pyridine rings is 1. The average molecular weight is 524 g/mol. The molecular formula is C25H15BrFNO4S. The van der Waals surface area contributed by atoms with Crippen LogP contribution in [0.15, 0.2) is 101 Å². The maximum Gasteiger partial charge on any atom is 0.354 e. The average Bonchev–Trinajstić information content (AvgIpc) is 2.80. The van der Waals surface area contributed by atoms with E-state index >= 15 is 0 Å². The summed E-state index contributed by atoms with van der Waals surface area (Å²) in [5.74, 6) is -0.850. The van der Waals surface area contributed by atoms with E-state index in [1.165, 1.54) is 16.7 Å². The minimum atomic E-state index is -0.742. The van der Waals surface area contributed by atoms with E-state index in [0.29, 0.717) is 21.4 Å². The largest absolute Gasteiger partial charge is 0.505 e. The van der Waals surface area contributed by atoms with Crippen molar-refractivity contribution in [3.05, 3.63) is 109 Å². The number of fused-ring (bicyclic) bond motifs is 3. The zero-order chi connectivity index (χ0) is 23.1. The van der Waals surface area contributed by atoms with Crippen molar-refractivity contribution in [2.75, 3.05) is 0 Å². The van der Waals surface area contributed by atoms with Crippen LogP contribution < -0.4 is 11.2 Å². The molecule has 0 aliphatic carbocycles. The van der Waals surface area contributed by atoms with Crippen LogP contribution >= 0.6 is 27.7 Å². The Morgan fingerprint density at radius 3 is 2.55 bits per heavy atom. The summed E-state index contributed by atoms with van der Waals surface area (Å²) in [5.41, 5.74) is -0.171. The van der Waals surface area contributed by atoms with Gasteiger partial charge in [-0.05, 0) is 57.9 Å². The molecule has 0 atom stereocenters. The SMILES string of the molecule is O=c1oc2c(c(O)c1Sc1ccccc1Br)c(=O)n(Cc1cccc(F)c1)c1ccccc21. The molecule has 3 aromatic carbocycles. The molecule has 0 aliphatic rings. The summed E-state index contributed by atoms with van der Waals surface area (Å²) in [6.07, 6.45) is 0. The summed E-state index contributed by atoms with van der Waals surface area (Å²) >= 11 is 4.43. The smallest absolute Gasteiger partial charge is 0.354 e. The fraction of sp³-hybridized carbons (Fsp3) is 0.0400. The number of aromatic nitrogens is 1. The van der Waals surface area contributed by atoms with Crippen molar-refractivity contribution < 1.29 is 13.9 Å². The second-order valence-corrected chi connectivity index (χ2v) is 9.25. The molecule has 0 saturated heterocycles. The van der Waals surface area contributed by atoms with Crippen LogP contribution in [0.4, 0.5) is 4.39 Å². The lowest BCUT2D eigenvalue weighted by Gasteiger charge is -2.14. The van der Waals surface area contributed by atoms with Gasteiger partial charge in [-0.1, -0.05) is 48.2 Å². The van der Waals surface area contributed by atoms with Gasteiger partial charge < -0.3 is 14.1 Å². The standard InChI is InChI=1S/C25H15BrFNO4S/c26-17-9-2-4-11-19(17)33-23-21(29)20-22(32-25(23)31)16-8-1-3-10-18(16)28(24(20)30)13-14-6-5-7-15(27)12-14/h1-12,29H,13H2. The molecule has 0 unspecified atom stereocenters. The van der Waals surface area contributed by atoms with Crippen LogP contribution in [0, 0.1) is 5.82 Å². The van der Waals surface area contributed by atoms with Gasteiger partial charge in [-0.2, -0.15) is 0 Å². The summed E-state index contributed by atoms with van der Waals surface area (Å²) in [5, 5.41) is 11.5. The lowest BCUT2D eigenvalue weighted by molar-refractivity contribution is 0.446. The van der Waals surface area contributed by atoms with Gasteiger partial charge in [0.1, 0.15) is 16.1 Å². The third kappa shape index (κ3) is 3.85. The summed E-state index contributed by atoms with van der Waals surface area (Å²) < 4.78 is 21.5. The van der Waals surface area contributed by atoms with E-state index < -0.39 is 22.8 Å². The fourth-order valence-electron chi connectivity index (χ4n) is 3.74. The minimum Gasteiger partial charge on any atom is -0.505 e. The van der Waals surface area contributed by atoms with Gasteiger partial charge in [-0.3, -0.25) is 4.79 Å². The van der Waals surface area contributed by atoms with Gasteiger partial charge in [-0.15, -0.1) is 0 Å². The molecule has 0 saturated carbocycles. The van der Waals surface area contributed by atoms with Crippen molar-refractivity contribution in [2.24, 2.45) is 0 Å². The Labute approximate surface area is 199 Å². The summed E-state index contributed by atoms with van der Waals surface area (Å²) in [6.45, 7) is 0.0817. The van der Waals surface area contributed by atoms with Crippen LogP contribution in [-0.2, 0) is 6.54 Å². The summed E-state index contributed by atoms with van der Waals surface area (Å²) in [7, 11) is 0. The Balaban J connectivity index is 1.79. The molecule has 2 heterocycles. The first kappa shape index (κ1) is 21.5. The Morgan fingerprint density at radius 2 is 1.76 bits per heavy atom. The molecule has 0 aliphatic heterocycles. The highest BCUT2D eigenvalue weighted by molar-refractivity contribution is 9.10. The second-order valence-electron chi connectivity index (χ2n) is 7.34. The normalized spacial score (nSPS) is 11.3. The molecule has 5 aromatic rings. The van der Waals surface area contributed by atoms with Crippen molar-refractivity contribution in [2.45, 2.75) is 16.3 Å². The van der Waals surface area contributed by atoms with Gasteiger partial charge in [0.25, 0.3) is 5.56 Å². The first-order valence-electron chi connectivity index (χ1n) is 9.92. The Hall–Kier alpha value is -3.36. The molecule has 2 aromatic heterocycles. The third-order valence-corrected chi connectivity index (χ3v) is 7.33. The van der Waals surface area contributed by atoms with Crippen LogP contribution in [0.1, 0.15) is 5.56 Å². The molecule has 164 valence electrons. The van der Waals surface area contributed by atoms with Gasteiger partial charge in [0.05, 0.1) is 12.1 Å². The van der Waals surface area contributed by atoms with Crippen molar-refractivity contribution in [1.82, 2.24) is 4.57 Å². The van der Waals surface area contributed by atoms with Crippen molar-refractivity contribution in [3.8, 4) is 5.75 Å². The summed E-state index contributed by atoms with van der Waals surface area (Å²) in [6, 6.07) is 20.1. The van der Waals surface area contributed by atoms with Crippen molar-refractivity contribution >= 4 is 49.6 Å². The van der Waals surface area contributed by atoms with Crippen LogP contribution in [0.2, 0.25) is 0 Å². The minimum absolute atomic E-state index is 0.0186.